The van der Waals surface area contributed by atoms with Crippen LogP contribution in [0.4, 0.5) is 0 Å². The third kappa shape index (κ3) is 3.69. The summed E-state index contributed by atoms with van der Waals surface area (Å²) in [5, 5.41) is 5.75. The van der Waals surface area contributed by atoms with Gasteiger partial charge in [-0.3, -0.25) is 5.32 Å². The Balaban J connectivity index is 2.59. The highest BCUT2D eigenvalue weighted by Gasteiger charge is 2.38. The molecule has 0 atom stereocenters. The van der Waals surface area contributed by atoms with E-state index in [2.05, 4.69) is 43.2 Å². The van der Waals surface area contributed by atoms with Gasteiger partial charge in [-0.25, -0.2) is 5.01 Å². The van der Waals surface area contributed by atoms with E-state index in [1.165, 1.54) is 0 Å². The molecule has 1 aliphatic rings. The summed E-state index contributed by atoms with van der Waals surface area (Å²) in [5.74, 6) is 0. The van der Waals surface area contributed by atoms with Crippen molar-refractivity contribution in [3.8, 4) is 0 Å². The number of ether oxygens (including phenoxy) is 1. The maximum Gasteiger partial charge on any atom is 0.0889 e. The zero-order valence-electron chi connectivity index (χ0n) is 11.5. The van der Waals surface area contributed by atoms with E-state index >= 15 is 0 Å². The van der Waals surface area contributed by atoms with Crippen LogP contribution < -0.4 is 10.7 Å². The van der Waals surface area contributed by atoms with Crippen molar-refractivity contribution in [3.05, 3.63) is 12.8 Å². The Morgan fingerprint density at radius 1 is 1.41 bits per heavy atom. The molecular weight excluding hydrogens is 214 g/mol. The van der Waals surface area contributed by atoms with Gasteiger partial charge in [0.2, 0.25) is 0 Å². The molecular formula is C13H27N3O. The van der Waals surface area contributed by atoms with E-state index in [0.717, 1.165) is 38.8 Å². The number of hydrogen-bond donors (Lipinski definition) is 2. The number of hydrazine groups is 1. The Labute approximate surface area is 105 Å². The lowest BCUT2D eigenvalue weighted by atomic mass is 9.86. The normalized spacial score (nSPS) is 29.3. The number of rotatable bonds is 7. The zero-order valence-corrected chi connectivity index (χ0v) is 11.5. The summed E-state index contributed by atoms with van der Waals surface area (Å²) in [6, 6.07) is 0. The molecule has 17 heavy (non-hydrogen) atoms. The molecule has 0 bridgehead atoms. The van der Waals surface area contributed by atoms with Gasteiger partial charge in [-0.2, -0.15) is 0 Å². The molecule has 1 fully saturated rings. The van der Waals surface area contributed by atoms with Gasteiger partial charge in [0.15, 0.2) is 0 Å². The van der Waals surface area contributed by atoms with Crippen molar-refractivity contribution in [1.29, 1.82) is 0 Å². The van der Waals surface area contributed by atoms with Crippen LogP contribution in [0.3, 0.4) is 0 Å². The second-order valence-corrected chi connectivity index (χ2v) is 4.61. The highest BCUT2D eigenvalue weighted by molar-refractivity contribution is 4.91. The zero-order chi connectivity index (χ0) is 12.7. The number of nitrogens with one attached hydrogen (secondary N) is 2. The van der Waals surface area contributed by atoms with E-state index in [4.69, 9.17) is 4.74 Å². The summed E-state index contributed by atoms with van der Waals surface area (Å²) in [7, 11) is 2.07. The van der Waals surface area contributed by atoms with Gasteiger partial charge in [0, 0.05) is 19.9 Å². The van der Waals surface area contributed by atoms with Gasteiger partial charge in [0.25, 0.3) is 0 Å². The highest BCUT2D eigenvalue weighted by atomic mass is 16.5. The molecule has 2 N–H and O–H groups in total. The predicted molar refractivity (Wildman–Crippen MR) is 71.4 cm³/mol. The van der Waals surface area contributed by atoms with Crippen LogP contribution in [0.2, 0.25) is 0 Å². The number of nitrogens with zero attached hydrogens (tertiary/aromatic N) is 1. The summed E-state index contributed by atoms with van der Waals surface area (Å²) in [4.78, 5) is 0. The van der Waals surface area contributed by atoms with E-state index in [1.54, 1.807) is 6.20 Å². The maximum absolute atomic E-state index is 5.71. The fourth-order valence-electron chi connectivity index (χ4n) is 2.69. The maximum atomic E-state index is 5.71. The van der Waals surface area contributed by atoms with E-state index in [1.807, 2.05) is 0 Å². The van der Waals surface area contributed by atoms with Gasteiger partial charge in [0.05, 0.1) is 11.8 Å². The molecule has 0 spiro atoms. The fraction of sp³-hybridized carbons (Fsp3) is 0.846. The molecule has 1 rings (SSSR count). The second kappa shape index (κ2) is 6.99. The molecule has 4 nitrogen and oxygen atoms in total. The van der Waals surface area contributed by atoms with E-state index in [9.17, 15) is 0 Å². The minimum Gasteiger partial charge on any atom is -0.379 e. The van der Waals surface area contributed by atoms with Crippen molar-refractivity contribution in [1.82, 2.24) is 15.8 Å². The monoisotopic (exact) mass is 241 g/mol. The molecule has 0 aromatic carbocycles. The highest BCUT2D eigenvalue weighted by Crippen LogP contribution is 2.31. The first-order chi connectivity index (χ1) is 8.18. The molecule has 4 heteroatoms. The lowest BCUT2D eigenvalue weighted by Gasteiger charge is -2.46. The molecule has 0 aliphatic heterocycles. The lowest BCUT2D eigenvalue weighted by Crippen LogP contribution is -2.62. The van der Waals surface area contributed by atoms with Crippen LogP contribution in [0.5, 0.6) is 0 Å². The quantitative estimate of drug-likeness (QED) is 0.527. The van der Waals surface area contributed by atoms with E-state index < -0.39 is 0 Å². The van der Waals surface area contributed by atoms with Crippen LogP contribution >= 0.6 is 0 Å². The first kappa shape index (κ1) is 14.5. The Bertz CT molecular complexity index is 225. The first-order valence-electron chi connectivity index (χ1n) is 6.66. The van der Waals surface area contributed by atoms with Crippen LogP contribution in [0, 0.1) is 0 Å². The Hall–Kier alpha value is -0.580. The van der Waals surface area contributed by atoms with Crippen molar-refractivity contribution in [2.45, 2.75) is 51.3 Å². The van der Waals surface area contributed by atoms with Gasteiger partial charge in [-0.15, -0.1) is 0 Å². The van der Waals surface area contributed by atoms with Gasteiger partial charge in [-0.1, -0.05) is 13.5 Å². The Morgan fingerprint density at radius 2 is 2.06 bits per heavy atom. The molecule has 0 aromatic heterocycles. The van der Waals surface area contributed by atoms with Gasteiger partial charge < -0.3 is 10.2 Å². The van der Waals surface area contributed by atoms with Crippen LogP contribution in [0.15, 0.2) is 12.8 Å². The molecule has 0 heterocycles. The summed E-state index contributed by atoms with van der Waals surface area (Å²) in [6.45, 7) is 9.74. The SMILES string of the molecule is C=CNN(C)[C@]1(NCC)CC[C@@H](OCC)CC1. The molecule has 0 radical (unpaired) electrons. The van der Waals surface area contributed by atoms with Crippen molar-refractivity contribution < 1.29 is 4.74 Å². The predicted octanol–water partition coefficient (Wildman–Crippen LogP) is 1.85. The third-order valence-electron chi connectivity index (χ3n) is 3.59. The van der Waals surface area contributed by atoms with Crippen molar-refractivity contribution >= 4 is 0 Å². The first-order valence-corrected chi connectivity index (χ1v) is 6.66. The third-order valence-corrected chi connectivity index (χ3v) is 3.59. The molecule has 100 valence electrons. The van der Waals surface area contributed by atoms with Crippen LogP contribution in [-0.4, -0.2) is 37.0 Å². The largest absolute Gasteiger partial charge is 0.379 e. The summed E-state index contributed by atoms with van der Waals surface area (Å²) >= 11 is 0. The minimum atomic E-state index is 0.0382. The number of hydrogen-bond acceptors (Lipinski definition) is 4. The van der Waals surface area contributed by atoms with E-state index in [0.29, 0.717) is 6.10 Å². The Morgan fingerprint density at radius 3 is 2.53 bits per heavy atom. The summed E-state index contributed by atoms with van der Waals surface area (Å²) < 4.78 is 5.71. The molecule has 1 aliphatic carbocycles. The topological polar surface area (TPSA) is 36.5 Å². The van der Waals surface area contributed by atoms with Gasteiger partial charge >= 0.3 is 0 Å². The molecule has 1 saturated carbocycles. The van der Waals surface area contributed by atoms with Crippen molar-refractivity contribution in [2.24, 2.45) is 0 Å². The standard InChI is InChI=1S/C13H27N3O/c1-5-14-13(16(4)15-6-2)10-8-12(9-11-13)17-7-3/h6,12,14-15H,2,5,7-11H2,1,3-4H3/t12-,13-. The van der Waals surface area contributed by atoms with Crippen LogP contribution in [-0.2, 0) is 4.74 Å². The lowest BCUT2D eigenvalue weighted by molar-refractivity contribution is -0.0431. The van der Waals surface area contributed by atoms with Crippen LogP contribution in [0.1, 0.15) is 39.5 Å². The second-order valence-electron chi connectivity index (χ2n) is 4.61. The fourth-order valence-corrected chi connectivity index (χ4v) is 2.69. The van der Waals surface area contributed by atoms with Gasteiger partial charge in [0.1, 0.15) is 0 Å². The minimum absolute atomic E-state index is 0.0382. The van der Waals surface area contributed by atoms with Crippen LogP contribution in [0.25, 0.3) is 0 Å². The van der Waals surface area contributed by atoms with Gasteiger partial charge in [-0.05, 0) is 39.2 Å². The smallest absolute Gasteiger partial charge is 0.0889 e. The molecule has 0 aromatic rings. The molecule has 0 amide bonds. The average molecular weight is 241 g/mol. The Kier molecular flexibility index (Phi) is 5.95. The van der Waals surface area contributed by atoms with E-state index in [-0.39, 0.29) is 5.66 Å². The molecule has 0 saturated heterocycles. The van der Waals surface area contributed by atoms with Crippen molar-refractivity contribution in [2.75, 3.05) is 20.2 Å². The molecule has 0 unspecified atom stereocenters. The summed E-state index contributed by atoms with van der Waals surface area (Å²) in [5.41, 5.74) is 3.22. The average Bonchev–Trinajstić information content (AvgIpc) is 2.33. The van der Waals surface area contributed by atoms with Crippen molar-refractivity contribution in [3.63, 3.8) is 0 Å². The summed E-state index contributed by atoms with van der Waals surface area (Å²) in [6.07, 6.45) is 6.59.